The zero-order valence-electron chi connectivity index (χ0n) is 17.2. The minimum Gasteiger partial charge on any atom is -0.354 e. The SMILES string of the molecule is Cc1ccc(NC(=O)CN2CCCN(c3ncc(C(F)(F)F)cc3Cl)CC2)cc1[N+](=O)[O-]. The number of alkyl halides is 3. The van der Waals surface area contributed by atoms with Crippen molar-refractivity contribution in [3.63, 3.8) is 0 Å². The number of carbonyl (C=O) groups excluding carboxylic acids is 1. The van der Waals surface area contributed by atoms with Gasteiger partial charge in [-0.25, -0.2) is 4.98 Å². The molecule has 0 unspecified atom stereocenters. The smallest absolute Gasteiger partial charge is 0.354 e. The van der Waals surface area contributed by atoms with E-state index in [0.717, 1.165) is 12.3 Å². The molecule has 1 aromatic heterocycles. The van der Waals surface area contributed by atoms with Crippen LogP contribution in [0.5, 0.6) is 0 Å². The van der Waals surface area contributed by atoms with Crippen molar-refractivity contribution in [3.8, 4) is 0 Å². The van der Waals surface area contributed by atoms with Gasteiger partial charge in [0.2, 0.25) is 5.91 Å². The molecule has 2 aromatic rings. The standard InChI is InChI=1S/C20H21ClF3N5O3/c1-13-3-4-15(10-17(13)29(31)32)26-18(30)12-27-5-2-6-28(8-7-27)19-16(21)9-14(11-25-19)20(22,23)24/h3-4,9-11H,2,5-8,12H2,1H3,(H,26,30). The molecule has 0 radical (unpaired) electrons. The van der Waals surface area contributed by atoms with E-state index >= 15 is 0 Å². The Morgan fingerprint density at radius 3 is 2.66 bits per heavy atom. The summed E-state index contributed by atoms with van der Waals surface area (Å²) in [5.74, 6) is -0.0415. The summed E-state index contributed by atoms with van der Waals surface area (Å²) < 4.78 is 38.5. The second-order valence-corrected chi connectivity index (χ2v) is 7.86. The van der Waals surface area contributed by atoms with Crippen molar-refractivity contribution in [2.45, 2.75) is 19.5 Å². The van der Waals surface area contributed by atoms with Gasteiger partial charge in [-0.05, 0) is 25.5 Å². The van der Waals surface area contributed by atoms with Gasteiger partial charge in [-0.3, -0.25) is 19.8 Å². The monoisotopic (exact) mass is 471 g/mol. The van der Waals surface area contributed by atoms with E-state index in [1.807, 2.05) is 4.90 Å². The average Bonchev–Trinajstić information content (AvgIpc) is 2.94. The number of anilines is 2. The van der Waals surface area contributed by atoms with Crippen LogP contribution in [0.3, 0.4) is 0 Å². The van der Waals surface area contributed by atoms with Crippen molar-refractivity contribution in [3.05, 3.63) is 56.7 Å². The third kappa shape index (κ3) is 5.86. The molecule has 2 heterocycles. The predicted octanol–water partition coefficient (Wildman–Crippen LogP) is 4.12. The van der Waals surface area contributed by atoms with Gasteiger partial charge in [0.25, 0.3) is 5.69 Å². The Bertz CT molecular complexity index is 1020. The number of carbonyl (C=O) groups is 1. The first kappa shape index (κ1) is 23.7. The number of nitro groups is 1. The number of pyridine rings is 1. The second-order valence-electron chi connectivity index (χ2n) is 7.45. The fraction of sp³-hybridized carbons (Fsp3) is 0.400. The van der Waals surface area contributed by atoms with Crippen LogP contribution in [-0.2, 0) is 11.0 Å². The Kier molecular flexibility index (Phi) is 7.19. The van der Waals surface area contributed by atoms with E-state index in [2.05, 4.69) is 10.3 Å². The van der Waals surface area contributed by atoms with E-state index in [1.165, 1.54) is 6.07 Å². The van der Waals surface area contributed by atoms with E-state index in [9.17, 15) is 28.1 Å². The fourth-order valence-corrected chi connectivity index (χ4v) is 3.73. The molecule has 32 heavy (non-hydrogen) atoms. The number of amides is 1. The maximum atomic E-state index is 12.8. The second kappa shape index (κ2) is 9.70. The molecule has 1 amide bonds. The zero-order valence-corrected chi connectivity index (χ0v) is 17.9. The normalized spacial score (nSPS) is 15.3. The molecule has 1 fully saturated rings. The lowest BCUT2D eigenvalue weighted by Crippen LogP contribution is -2.36. The van der Waals surface area contributed by atoms with Crippen LogP contribution < -0.4 is 10.2 Å². The van der Waals surface area contributed by atoms with E-state index in [0.29, 0.717) is 43.9 Å². The molecule has 0 bridgehead atoms. The first-order valence-corrected chi connectivity index (χ1v) is 10.2. The summed E-state index contributed by atoms with van der Waals surface area (Å²) in [5.41, 5.74) is -0.148. The number of hydrogen-bond acceptors (Lipinski definition) is 6. The summed E-state index contributed by atoms with van der Waals surface area (Å²) in [6, 6.07) is 5.34. The Balaban J connectivity index is 1.59. The lowest BCUT2D eigenvalue weighted by atomic mass is 10.2. The van der Waals surface area contributed by atoms with Crippen LogP contribution in [0.2, 0.25) is 5.02 Å². The number of halogens is 4. The quantitative estimate of drug-likeness (QED) is 0.521. The number of hydrogen-bond donors (Lipinski definition) is 1. The van der Waals surface area contributed by atoms with Gasteiger partial charge in [-0.1, -0.05) is 17.7 Å². The third-order valence-corrected chi connectivity index (χ3v) is 5.37. The van der Waals surface area contributed by atoms with Gasteiger partial charge in [0.15, 0.2) is 0 Å². The minimum atomic E-state index is -4.52. The molecule has 1 aromatic carbocycles. The van der Waals surface area contributed by atoms with Crippen molar-refractivity contribution in [1.29, 1.82) is 0 Å². The highest BCUT2D eigenvalue weighted by atomic mass is 35.5. The predicted molar refractivity (Wildman–Crippen MR) is 114 cm³/mol. The maximum Gasteiger partial charge on any atom is 0.417 e. The summed E-state index contributed by atoms with van der Waals surface area (Å²) in [4.78, 5) is 30.6. The fourth-order valence-electron chi connectivity index (χ4n) is 3.45. The lowest BCUT2D eigenvalue weighted by molar-refractivity contribution is -0.385. The largest absolute Gasteiger partial charge is 0.417 e. The molecule has 0 spiro atoms. The van der Waals surface area contributed by atoms with Crippen LogP contribution in [0.25, 0.3) is 0 Å². The minimum absolute atomic E-state index is 0.0731. The Labute approximate surface area is 187 Å². The van der Waals surface area contributed by atoms with Crippen LogP contribution in [-0.4, -0.2) is 53.4 Å². The van der Waals surface area contributed by atoms with Crippen LogP contribution in [0, 0.1) is 17.0 Å². The highest BCUT2D eigenvalue weighted by molar-refractivity contribution is 6.33. The highest BCUT2D eigenvalue weighted by Gasteiger charge is 2.32. The average molecular weight is 472 g/mol. The number of nitrogens with zero attached hydrogens (tertiary/aromatic N) is 4. The first-order valence-electron chi connectivity index (χ1n) is 9.79. The van der Waals surface area contributed by atoms with Crippen molar-refractivity contribution < 1.29 is 22.9 Å². The molecule has 1 N–H and O–H groups in total. The zero-order chi connectivity index (χ0) is 23.5. The summed E-state index contributed by atoms with van der Waals surface area (Å²) in [7, 11) is 0. The van der Waals surface area contributed by atoms with Gasteiger partial charge < -0.3 is 10.2 Å². The molecule has 1 aliphatic heterocycles. The number of aromatic nitrogens is 1. The number of rotatable bonds is 5. The van der Waals surface area contributed by atoms with E-state index in [-0.39, 0.29) is 29.0 Å². The number of nitro benzene ring substituents is 1. The van der Waals surface area contributed by atoms with Crippen molar-refractivity contribution in [2.75, 3.05) is 42.9 Å². The number of aryl methyl sites for hydroxylation is 1. The molecule has 172 valence electrons. The number of benzene rings is 1. The summed E-state index contributed by atoms with van der Waals surface area (Å²) in [5, 5.41) is 13.7. The van der Waals surface area contributed by atoms with Gasteiger partial charge in [-0.2, -0.15) is 13.2 Å². The molecule has 12 heteroatoms. The van der Waals surface area contributed by atoms with Crippen molar-refractivity contribution in [1.82, 2.24) is 9.88 Å². The van der Waals surface area contributed by atoms with Gasteiger partial charge in [0, 0.05) is 49.7 Å². The van der Waals surface area contributed by atoms with Crippen LogP contribution in [0.4, 0.5) is 30.4 Å². The van der Waals surface area contributed by atoms with E-state index < -0.39 is 16.7 Å². The molecule has 8 nitrogen and oxygen atoms in total. The molecule has 0 atom stereocenters. The molecule has 1 saturated heterocycles. The first-order chi connectivity index (χ1) is 15.0. The highest BCUT2D eigenvalue weighted by Crippen LogP contribution is 2.33. The molecular weight excluding hydrogens is 451 g/mol. The van der Waals surface area contributed by atoms with Gasteiger partial charge >= 0.3 is 6.18 Å². The summed E-state index contributed by atoms with van der Waals surface area (Å²) >= 11 is 6.05. The van der Waals surface area contributed by atoms with E-state index in [1.54, 1.807) is 24.0 Å². The van der Waals surface area contributed by atoms with E-state index in [4.69, 9.17) is 11.6 Å². The third-order valence-electron chi connectivity index (χ3n) is 5.09. The molecular formula is C20H21ClF3N5O3. The molecule has 1 aliphatic rings. The summed E-state index contributed by atoms with van der Waals surface area (Å²) in [6.45, 7) is 3.71. The van der Waals surface area contributed by atoms with Crippen LogP contribution in [0.15, 0.2) is 30.5 Å². The molecule has 0 aliphatic carbocycles. The van der Waals surface area contributed by atoms with Crippen molar-refractivity contribution >= 4 is 34.7 Å². The Hall–Kier alpha value is -2.92. The van der Waals surface area contributed by atoms with Crippen LogP contribution in [0.1, 0.15) is 17.5 Å². The van der Waals surface area contributed by atoms with Gasteiger partial charge in [0.05, 0.1) is 22.1 Å². The molecule has 0 saturated carbocycles. The van der Waals surface area contributed by atoms with Crippen molar-refractivity contribution in [2.24, 2.45) is 0 Å². The lowest BCUT2D eigenvalue weighted by Gasteiger charge is -2.23. The molecule has 3 rings (SSSR count). The Morgan fingerprint density at radius 2 is 2.00 bits per heavy atom. The van der Waals surface area contributed by atoms with Gasteiger partial charge in [-0.15, -0.1) is 0 Å². The summed E-state index contributed by atoms with van der Waals surface area (Å²) in [6.07, 6.45) is -3.10. The Morgan fingerprint density at radius 1 is 1.25 bits per heavy atom. The number of nitrogens with one attached hydrogen (secondary N) is 1. The van der Waals surface area contributed by atoms with Crippen LogP contribution >= 0.6 is 11.6 Å². The van der Waals surface area contributed by atoms with Gasteiger partial charge in [0.1, 0.15) is 5.82 Å². The topological polar surface area (TPSA) is 91.6 Å². The maximum absolute atomic E-state index is 12.8.